The molecule has 0 unspecified atom stereocenters. The van der Waals surface area contributed by atoms with Gasteiger partial charge in [-0.05, 0) is 56.8 Å². The highest BCUT2D eigenvalue weighted by Gasteiger charge is 2.63. The summed E-state index contributed by atoms with van der Waals surface area (Å²) in [7, 11) is 0. The minimum absolute atomic E-state index is 0.0671. The molecule has 6 atom stereocenters. The lowest BCUT2D eigenvalue weighted by molar-refractivity contribution is -0.253. The van der Waals surface area contributed by atoms with E-state index in [0.717, 1.165) is 25.7 Å². The van der Waals surface area contributed by atoms with Crippen LogP contribution in [0.2, 0.25) is 0 Å². The number of hydrogen-bond donors (Lipinski definition) is 1. The molecule has 0 spiro atoms. The van der Waals surface area contributed by atoms with Gasteiger partial charge in [-0.25, -0.2) is 0 Å². The fraction of sp³-hybridized carbons (Fsp3) is 0.850. The number of Topliss-reactive ketones (excluding diaryl/α,β-unsaturated/α-hetero) is 1. The van der Waals surface area contributed by atoms with E-state index in [1.54, 1.807) is 0 Å². The second-order valence-electron chi connectivity index (χ2n) is 9.32. The Morgan fingerprint density at radius 2 is 1.83 bits per heavy atom. The number of carbonyl (C=O) groups excluding carboxylic acids is 1. The highest BCUT2D eigenvalue weighted by Crippen LogP contribution is 2.64. The summed E-state index contributed by atoms with van der Waals surface area (Å²) in [4.78, 5) is 12.5. The number of aliphatic hydroxyl groups excluding tert-OH is 1. The van der Waals surface area contributed by atoms with Crippen molar-refractivity contribution in [3.8, 4) is 0 Å². The molecule has 23 heavy (non-hydrogen) atoms. The highest BCUT2D eigenvalue weighted by molar-refractivity contribution is 5.81. The third-order valence-corrected chi connectivity index (χ3v) is 7.47. The first-order valence-electron chi connectivity index (χ1n) is 9.07. The summed E-state index contributed by atoms with van der Waals surface area (Å²) in [6.07, 6.45) is 7.17. The lowest BCUT2D eigenvalue weighted by Gasteiger charge is -2.64. The molecule has 1 saturated heterocycles. The third kappa shape index (κ3) is 2.42. The predicted molar refractivity (Wildman–Crippen MR) is 91.1 cm³/mol. The summed E-state index contributed by atoms with van der Waals surface area (Å²) >= 11 is 0. The van der Waals surface area contributed by atoms with Gasteiger partial charge in [0.2, 0.25) is 0 Å². The van der Waals surface area contributed by atoms with Crippen LogP contribution in [0.3, 0.4) is 0 Å². The van der Waals surface area contributed by atoms with Crippen LogP contribution in [-0.2, 0) is 9.53 Å². The molecular formula is C20H32O3. The Bertz CT molecular complexity index is 529. The second kappa shape index (κ2) is 5.16. The number of hydrogen-bond acceptors (Lipinski definition) is 3. The molecule has 3 fully saturated rings. The van der Waals surface area contributed by atoms with Crippen LogP contribution in [-0.4, -0.2) is 28.7 Å². The molecule has 0 aromatic carbocycles. The molecule has 2 saturated carbocycles. The maximum Gasteiger partial charge on any atom is 0.134 e. The van der Waals surface area contributed by atoms with E-state index in [-0.39, 0.29) is 28.6 Å². The van der Waals surface area contributed by atoms with Gasteiger partial charge >= 0.3 is 0 Å². The van der Waals surface area contributed by atoms with Crippen LogP contribution in [0.4, 0.5) is 0 Å². The van der Waals surface area contributed by atoms with Crippen LogP contribution < -0.4 is 0 Å². The summed E-state index contributed by atoms with van der Waals surface area (Å²) < 4.78 is 6.57. The Morgan fingerprint density at radius 3 is 2.43 bits per heavy atom. The highest BCUT2D eigenvalue weighted by atomic mass is 16.5. The number of ketones is 1. The second-order valence-corrected chi connectivity index (χ2v) is 9.32. The minimum Gasteiger partial charge on any atom is -0.396 e. The van der Waals surface area contributed by atoms with Gasteiger partial charge in [0, 0.05) is 24.9 Å². The number of ether oxygens (including phenoxy) is 1. The van der Waals surface area contributed by atoms with Crippen LogP contribution in [0, 0.1) is 22.7 Å². The molecular weight excluding hydrogens is 288 g/mol. The van der Waals surface area contributed by atoms with Gasteiger partial charge in [-0.2, -0.15) is 0 Å². The topological polar surface area (TPSA) is 46.5 Å². The van der Waals surface area contributed by atoms with Crippen molar-refractivity contribution >= 4 is 5.78 Å². The van der Waals surface area contributed by atoms with Crippen molar-refractivity contribution in [3.63, 3.8) is 0 Å². The Hall–Kier alpha value is -0.670. The van der Waals surface area contributed by atoms with Gasteiger partial charge in [0.05, 0.1) is 11.2 Å². The molecule has 3 aliphatic rings. The van der Waals surface area contributed by atoms with Crippen molar-refractivity contribution in [2.45, 2.75) is 77.4 Å². The Morgan fingerprint density at radius 1 is 1.17 bits per heavy atom. The monoisotopic (exact) mass is 320 g/mol. The summed E-state index contributed by atoms with van der Waals surface area (Å²) in [6, 6.07) is 0. The van der Waals surface area contributed by atoms with E-state index in [2.05, 4.69) is 34.3 Å². The van der Waals surface area contributed by atoms with Gasteiger partial charge in [0.1, 0.15) is 5.78 Å². The van der Waals surface area contributed by atoms with Gasteiger partial charge in [-0.15, -0.1) is 6.58 Å². The molecule has 0 amide bonds. The summed E-state index contributed by atoms with van der Waals surface area (Å²) in [5.74, 6) is 1.07. The number of rotatable bonds is 2. The standard InChI is InChI=1S/C20H32O3/c1-6-18(3)9-7-16-19(4)12-14(22)11-17(2,13-21)15(19)8-10-20(16,5)23-18/h6,15-16,21H,1,7-13H2,2-5H3/t15-,16+,17+,18-,19-,20+/m0/s1. The molecule has 3 nitrogen and oxygen atoms in total. The van der Waals surface area contributed by atoms with E-state index < -0.39 is 0 Å². The SMILES string of the molecule is C=C[C@@]1(C)CC[C@@H]2[C@@]3(C)CC(=O)C[C@](C)(CO)[C@@H]3CC[C@@]2(C)O1. The van der Waals surface area contributed by atoms with Crippen LogP contribution in [0.1, 0.15) is 66.2 Å². The quantitative estimate of drug-likeness (QED) is 0.785. The first-order chi connectivity index (χ1) is 10.6. The fourth-order valence-electron chi connectivity index (χ4n) is 6.41. The van der Waals surface area contributed by atoms with Crippen molar-refractivity contribution in [2.24, 2.45) is 22.7 Å². The molecule has 0 radical (unpaired) electrons. The number of fused-ring (bicyclic) bond motifs is 3. The molecule has 0 aromatic heterocycles. The average molecular weight is 320 g/mol. The van der Waals surface area contributed by atoms with E-state index >= 15 is 0 Å². The molecule has 130 valence electrons. The molecule has 2 aliphatic carbocycles. The van der Waals surface area contributed by atoms with E-state index in [0.29, 0.717) is 30.5 Å². The van der Waals surface area contributed by atoms with Gasteiger partial charge < -0.3 is 9.84 Å². The van der Waals surface area contributed by atoms with Crippen molar-refractivity contribution in [1.29, 1.82) is 0 Å². The van der Waals surface area contributed by atoms with E-state index in [1.165, 1.54) is 0 Å². The van der Waals surface area contributed by atoms with Crippen LogP contribution in [0.5, 0.6) is 0 Å². The zero-order valence-corrected chi connectivity index (χ0v) is 15.2. The van der Waals surface area contributed by atoms with Gasteiger partial charge in [-0.1, -0.05) is 19.9 Å². The third-order valence-electron chi connectivity index (χ3n) is 7.47. The normalized spacial score (nSPS) is 53.3. The zero-order valence-electron chi connectivity index (χ0n) is 15.2. The van der Waals surface area contributed by atoms with E-state index in [4.69, 9.17) is 4.74 Å². The van der Waals surface area contributed by atoms with Crippen molar-refractivity contribution < 1.29 is 14.6 Å². The largest absolute Gasteiger partial charge is 0.396 e. The summed E-state index contributed by atoms with van der Waals surface area (Å²) in [5, 5.41) is 10.0. The average Bonchev–Trinajstić information content (AvgIpc) is 2.45. The lowest BCUT2D eigenvalue weighted by atomic mass is 9.44. The van der Waals surface area contributed by atoms with Gasteiger partial charge in [0.15, 0.2) is 0 Å². The Balaban J connectivity index is 1.99. The summed E-state index contributed by atoms with van der Waals surface area (Å²) in [6.45, 7) is 12.8. The maximum absolute atomic E-state index is 12.5. The Labute approximate surface area is 140 Å². The molecule has 1 heterocycles. The molecule has 0 bridgehead atoms. The summed E-state index contributed by atoms with van der Waals surface area (Å²) in [5.41, 5.74) is -0.791. The molecule has 1 aliphatic heterocycles. The Kier molecular flexibility index (Phi) is 3.85. The van der Waals surface area contributed by atoms with Crippen LogP contribution in [0.25, 0.3) is 0 Å². The molecule has 1 N–H and O–H groups in total. The predicted octanol–water partition coefficient (Wildman–Crippen LogP) is 3.89. The zero-order chi connectivity index (χ0) is 17.1. The lowest BCUT2D eigenvalue weighted by Crippen LogP contribution is -2.64. The van der Waals surface area contributed by atoms with Crippen LogP contribution in [0.15, 0.2) is 12.7 Å². The number of carbonyl (C=O) groups is 1. The smallest absolute Gasteiger partial charge is 0.134 e. The fourth-order valence-corrected chi connectivity index (χ4v) is 6.41. The molecule has 3 rings (SSSR count). The van der Waals surface area contributed by atoms with E-state index in [1.807, 2.05) is 6.08 Å². The first kappa shape index (κ1) is 17.2. The van der Waals surface area contributed by atoms with Crippen molar-refractivity contribution in [1.82, 2.24) is 0 Å². The van der Waals surface area contributed by atoms with E-state index in [9.17, 15) is 9.90 Å². The number of aliphatic hydroxyl groups is 1. The van der Waals surface area contributed by atoms with Crippen molar-refractivity contribution in [3.05, 3.63) is 12.7 Å². The van der Waals surface area contributed by atoms with Gasteiger partial charge in [0.25, 0.3) is 0 Å². The first-order valence-corrected chi connectivity index (χ1v) is 9.07. The maximum atomic E-state index is 12.5. The van der Waals surface area contributed by atoms with Gasteiger partial charge in [-0.3, -0.25) is 4.79 Å². The van der Waals surface area contributed by atoms with Crippen LogP contribution >= 0.6 is 0 Å². The minimum atomic E-state index is -0.273. The van der Waals surface area contributed by atoms with Crippen molar-refractivity contribution in [2.75, 3.05) is 6.61 Å². The molecule has 3 heteroatoms. The molecule has 0 aromatic rings.